The molecule has 0 aliphatic rings. The Labute approximate surface area is 158 Å². The second-order valence-corrected chi connectivity index (χ2v) is 6.97. The molecule has 0 atom stereocenters. The van der Waals surface area contributed by atoms with Crippen molar-refractivity contribution in [2.24, 2.45) is 0 Å². The van der Waals surface area contributed by atoms with E-state index in [4.69, 9.17) is 4.42 Å². The van der Waals surface area contributed by atoms with Gasteiger partial charge in [-0.05, 0) is 42.5 Å². The molecule has 0 aliphatic carbocycles. The minimum Gasteiger partial charge on any atom is -0.508 e. The summed E-state index contributed by atoms with van der Waals surface area (Å²) in [4.78, 5) is 16.8. The summed E-state index contributed by atoms with van der Waals surface area (Å²) in [6.07, 6.45) is 0. The van der Waals surface area contributed by atoms with Gasteiger partial charge in [0, 0.05) is 11.1 Å². The van der Waals surface area contributed by atoms with Gasteiger partial charge in [0.1, 0.15) is 11.5 Å². The summed E-state index contributed by atoms with van der Waals surface area (Å²) in [5.74, 6) is 0.912. The first-order chi connectivity index (χ1) is 13.1. The van der Waals surface area contributed by atoms with Crippen LogP contribution in [0.5, 0.6) is 5.75 Å². The number of aliphatic hydroxyl groups is 1. The molecule has 6 nitrogen and oxygen atoms in total. The number of hydrogen-bond donors (Lipinski definition) is 3. The maximum absolute atomic E-state index is 12.3. The quantitative estimate of drug-likeness (QED) is 0.491. The summed E-state index contributed by atoms with van der Waals surface area (Å²) < 4.78 is 6.89. The van der Waals surface area contributed by atoms with E-state index in [1.54, 1.807) is 17.4 Å². The number of carbonyl (C=O) groups excluding carboxylic acids is 1. The molecular weight excluding hydrogens is 364 g/mol. The molecule has 3 N–H and O–H groups in total. The molecule has 136 valence electrons. The van der Waals surface area contributed by atoms with Crippen LogP contribution < -0.4 is 5.32 Å². The van der Waals surface area contributed by atoms with Gasteiger partial charge in [-0.1, -0.05) is 12.1 Å². The number of nitrogens with zero attached hydrogens (tertiary/aromatic N) is 1. The monoisotopic (exact) mass is 380 g/mol. The Morgan fingerprint density at radius 3 is 2.81 bits per heavy atom. The molecule has 0 saturated carbocycles. The lowest BCUT2D eigenvalue weighted by Crippen LogP contribution is -2.22. The van der Waals surface area contributed by atoms with Crippen molar-refractivity contribution in [1.29, 1.82) is 0 Å². The fraction of sp³-hybridized carbons (Fsp3) is 0.100. The number of fused-ring (bicyclic) bond motifs is 1. The third-order valence-electron chi connectivity index (χ3n) is 4.10. The van der Waals surface area contributed by atoms with E-state index in [2.05, 4.69) is 10.3 Å². The van der Waals surface area contributed by atoms with Crippen LogP contribution in [0.4, 0.5) is 0 Å². The maximum atomic E-state index is 12.3. The van der Waals surface area contributed by atoms with Gasteiger partial charge in [0.15, 0.2) is 10.8 Å². The van der Waals surface area contributed by atoms with Crippen LogP contribution in [0, 0.1) is 0 Å². The standard InChI is InChI=1S/C20H16N2O4S/c23-11-13-9-12(5-7-16(13)24)19(25)21-10-14-6-8-17(26-14)20-22-15-3-1-2-4-18(15)27-20/h1-9,23-24H,10-11H2,(H,21,25). The summed E-state index contributed by atoms with van der Waals surface area (Å²) in [5.41, 5.74) is 1.59. The Balaban J connectivity index is 1.45. The Hall–Kier alpha value is -3.16. The molecule has 0 bridgehead atoms. The van der Waals surface area contributed by atoms with Crippen molar-refractivity contribution in [3.63, 3.8) is 0 Å². The number of aliphatic hydroxyl groups excluding tert-OH is 1. The zero-order chi connectivity index (χ0) is 18.8. The van der Waals surface area contributed by atoms with Gasteiger partial charge in [0.05, 0.1) is 23.4 Å². The number of phenols is 1. The normalized spacial score (nSPS) is 11.0. The van der Waals surface area contributed by atoms with Crippen molar-refractivity contribution in [2.45, 2.75) is 13.2 Å². The average Bonchev–Trinajstić information content (AvgIpc) is 3.33. The predicted molar refractivity (Wildman–Crippen MR) is 103 cm³/mol. The van der Waals surface area contributed by atoms with Gasteiger partial charge >= 0.3 is 0 Å². The molecule has 0 radical (unpaired) electrons. The number of benzene rings is 2. The predicted octanol–water partition coefficient (Wildman–Crippen LogP) is 3.68. The van der Waals surface area contributed by atoms with Gasteiger partial charge in [-0.3, -0.25) is 4.79 Å². The SMILES string of the molecule is O=C(NCc1ccc(-c2nc3ccccc3s2)o1)c1ccc(O)c(CO)c1. The number of hydrogen-bond acceptors (Lipinski definition) is 6. The summed E-state index contributed by atoms with van der Waals surface area (Å²) in [6, 6.07) is 15.9. The summed E-state index contributed by atoms with van der Waals surface area (Å²) in [7, 11) is 0. The summed E-state index contributed by atoms with van der Waals surface area (Å²) in [6.45, 7) is -0.115. The zero-order valence-electron chi connectivity index (χ0n) is 14.2. The van der Waals surface area contributed by atoms with E-state index in [9.17, 15) is 15.0 Å². The second-order valence-electron chi connectivity index (χ2n) is 5.94. The fourth-order valence-corrected chi connectivity index (χ4v) is 3.62. The third kappa shape index (κ3) is 3.55. The third-order valence-corrected chi connectivity index (χ3v) is 5.15. The maximum Gasteiger partial charge on any atom is 0.251 e. The molecule has 0 fully saturated rings. The van der Waals surface area contributed by atoms with E-state index in [-0.39, 0.29) is 24.8 Å². The van der Waals surface area contributed by atoms with Gasteiger partial charge in [0.25, 0.3) is 5.91 Å². The molecule has 2 aromatic heterocycles. The lowest BCUT2D eigenvalue weighted by atomic mass is 10.1. The zero-order valence-corrected chi connectivity index (χ0v) is 15.0. The molecule has 27 heavy (non-hydrogen) atoms. The second kappa shape index (κ2) is 7.22. The first-order valence-corrected chi connectivity index (χ1v) is 9.11. The van der Waals surface area contributed by atoms with Crippen LogP contribution in [-0.2, 0) is 13.2 Å². The number of amides is 1. The highest BCUT2D eigenvalue weighted by molar-refractivity contribution is 7.21. The number of aromatic hydroxyl groups is 1. The molecule has 7 heteroatoms. The summed E-state index contributed by atoms with van der Waals surface area (Å²) >= 11 is 1.55. The first-order valence-electron chi connectivity index (χ1n) is 8.29. The van der Waals surface area contributed by atoms with Crippen LogP contribution in [0.1, 0.15) is 21.7 Å². The van der Waals surface area contributed by atoms with Crippen molar-refractivity contribution in [3.8, 4) is 16.5 Å². The average molecular weight is 380 g/mol. The number of furan rings is 1. The molecule has 0 unspecified atom stereocenters. The van der Waals surface area contributed by atoms with Crippen LogP contribution in [0.3, 0.4) is 0 Å². The van der Waals surface area contributed by atoms with Crippen LogP contribution in [-0.4, -0.2) is 21.1 Å². The Kier molecular flexibility index (Phi) is 4.62. The lowest BCUT2D eigenvalue weighted by Gasteiger charge is -2.06. The molecule has 0 aliphatic heterocycles. The molecule has 2 aromatic carbocycles. The van der Waals surface area contributed by atoms with E-state index in [1.165, 1.54) is 18.2 Å². The van der Waals surface area contributed by atoms with Crippen molar-refractivity contribution >= 4 is 27.5 Å². The smallest absolute Gasteiger partial charge is 0.251 e. The number of thiazole rings is 1. The topological polar surface area (TPSA) is 95.6 Å². The Morgan fingerprint density at radius 2 is 2.00 bits per heavy atom. The lowest BCUT2D eigenvalue weighted by molar-refractivity contribution is 0.0948. The molecule has 0 spiro atoms. The molecule has 4 rings (SSSR count). The number of aromatic nitrogens is 1. The van der Waals surface area contributed by atoms with Crippen LogP contribution in [0.25, 0.3) is 21.0 Å². The molecular formula is C20H16N2O4S. The first kappa shape index (κ1) is 17.3. The van der Waals surface area contributed by atoms with Gasteiger partial charge in [-0.2, -0.15) is 0 Å². The fourth-order valence-electron chi connectivity index (χ4n) is 2.69. The van der Waals surface area contributed by atoms with Crippen molar-refractivity contribution in [3.05, 3.63) is 71.5 Å². The van der Waals surface area contributed by atoms with E-state index in [0.29, 0.717) is 22.6 Å². The highest BCUT2D eigenvalue weighted by Crippen LogP contribution is 2.31. The largest absolute Gasteiger partial charge is 0.508 e. The highest BCUT2D eigenvalue weighted by atomic mass is 32.1. The van der Waals surface area contributed by atoms with Crippen LogP contribution >= 0.6 is 11.3 Å². The summed E-state index contributed by atoms with van der Waals surface area (Å²) in [5, 5.41) is 22.3. The highest BCUT2D eigenvalue weighted by Gasteiger charge is 2.12. The van der Waals surface area contributed by atoms with E-state index >= 15 is 0 Å². The van der Waals surface area contributed by atoms with E-state index in [0.717, 1.165) is 15.2 Å². The molecule has 4 aromatic rings. The molecule has 1 amide bonds. The van der Waals surface area contributed by atoms with E-state index in [1.807, 2.05) is 30.3 Å². The Bertz CT molecular complexity index is 1080. The number of rotatable bonds is 5. The van der Waals surface area contributed by atoms with Crippen LogP contribution in [0.2, 0.25) is 0 Å². The van der Waals surface area contributed by atoms with Crippen molar-refractivity contribution in [2.75, 3.05) is 0 Å². The van der Waals surface area contributed by atoms with Crippen molar-refractivity contribution in [1.82, 2.24) is 10.3 Å². The van der Waals surface area contributed by atoms with Crippen molar-refractivity contribution < 1.29 is 19.4 Å². The van der Waals surface area contributed by atoms with Gasteiger partial charge < -0.3 is 19.9 Å². The van der Waals surface area contributed by atoms with Gasteiger partial charge in [-0.25, -0.2) is 4.98 Å². The van der Waals surface area contributed by atoms with E-state index < -0.39 is 0 Å². The van der Waals surface area contributed by atoms with Gasteiger partial charge in [0.2, 0.25) is 0 Å². The Morgan fingerprint density at radius 1 is 1.15 bits per heavy atom. The van der Waals surface area contributed by atoms with Gasteiger partial charge in [-0.15, -0.1) is 11.3 Å². The minimum atomic E-state index is -0.337. The van der Waals surface area contributed by atoms with Crippen LogP contribution in [0.15, 0.2) is 59.0 Å². The number of nitrogens with one attached hydrogen (secondary N) is 1. The molecule has 0 saturated heterocycles. The molecule has 2 heterocycles. The number of para-hydroxylation sites is 1. The minimum absolute atomic E-state index is 0.0411. The number of carbonyl (C=O) groups is 1.